The van der Waals surface area contributed by atoms with Gasteiger partial charge in [-0.05, 0) is 30.7 Å². The van der Waals surface area contributed by atoms with Gasteiger partial charge in [0.1, 0.15) is 5.75 Å². The molecule has 0 heterocycles. The number of unbranched alkanes of at least 4 members (excludes halogenated alkanes) is 2. The first-order valence-corrected chi connectivity index (χ1v) is 7.48. The van der Waals surface area contributed by atoms with Crippen molar-refractivity contribution in [1.29, 1.82) is 0 Å². The minimum Gasteiger partial charge on any atom is -0.494 e. The van der Waals surface area contributed by atoms with E-state index in [4.69, 9.17) is 9.47 Å². The molecule has 0 bridgehead atoms. The molecule has 23 heavy (non-hydrogen) atoms. The second-order valence-electron chi connectivity index (χ2n) is 4.89. The molecule has 2 amide bonds. The number of nitrogens with one attached hydrogen (secondary N) is 2. The lowest BCUT2D eigenvalue weighted by molar-refractivity contribution is -0.129. The third-order valence-corrected chi connectivity index (χ3v) is 2.82. The van der Waals surface area contributed by atoms with Crippen molar-refractivity contribution in [3.63, 3.8) is 0 Å². The first-order chi connectivity index (χ1) is 11.0. The molecule has 0 spiro atoms. The predicted molar refractivity (Wildman–Crippen MR) is 83.7 cm³/mol. The maximum absolute atomic E-state index is 11.8. The van der Waals surface area contributed by atoms with E-state index in [2.05, 4.69) is 17.8 Å². The fraction of sp³-hybridized carbons (Fsp3) is 0.438. The van der Waals surface area contributed by atoms with Crippen molar-refractivity contribution >= 4 is 17.8 Å². The molecule has 0 aliphatic carbocycles. The van der Waals surface area contributed by atoms with E-state index in [1.807, 2.05) is 0 Å². The van der Waals surface area contributed by atoms with Gasteiger partial charge >= 0.3 is 5.97 Å². The lowest BCUT2D eigenvalue weighted by Gasteiger charge is -2.08. The van der Waals surface area contributed by atoms with Crippen LogP contribution >= 0.6 is 0 Å². The number of benzene rings is 1. The van der Waals surface area contributed by atoms with E-state index in [9.17, 15) is 14.4 Å². The van der Waals surface area contributed by atoms with Crippen molar-refractivity contribution in [3.05, 3.63) is 29.8 Å². The lowest BCUT2D eigenvalue weighted by Crippen LogP contribution is -2.42. The van der Waals surface area contributed by atoms with Crippen LogP contribution in [-0.4, -0.2) is 31.0 Å². The van der Waals surface area contributed by atoms with Crippen LogP contribution < -0.4 is 15.6 Å². The van der Waals surface area contributed by atoms with Crippen molar-refractivity contribution in [1.82, 2.24) is 10.9 Å². The Bertz CT molecular complexity index is 528. The van der Waals surface area contributed by atoms with Crippen LogP contribution in [0.4, 0.5) is 0 Å². The van der Waals surface area contributed by atoms with Crippen LogP contribution in [0.5, 0.6) is 5.75 Å². The highest BCUT2D eigenvalue weighted by atomic mass is 16.5. The second-order valence-corrected chi connectivity index (χ2v) is 4.89. The molecule has 126 valence electrons. The molecule has 7 nitrogen and oxygen atoms in total. The summed E-state index contributed by atoms with van der Waals surface area (Å²) in [6.45, 7) is 3.53. The molecule has 0 saturated carbocycles. The fourth-order valence-corrected chi connectivity index (χ4v) is 1.64. The molecular weight excluding hydrogens is 300 g/mol. The molecular formula is C16H22N2O5. The Morgan fingerprint density at radius 3 is 2.35 bits per heavy atom. The van der Waals surface area contributed by atoms with Gasteiger partial charge < -0.3 is 9.47 Å². The predicted octanol–water partition coefficient (Wildman–Crippen LogP) is 1.58. The summed E-state index contributed by atoms with van der Waals surface area (Å²) in [6.07, 6.45) is 3.23. The van der Waals surface area contributed by atoms with Gasteiger partial charge in [-0.25, -0.2) is 4.79 Å². The summed E-state index contributed by atoms with van der Waals surface area (Å²) >= 11 is 0. The first-order valence-electron chi connectivity index (χ1n) is 7.48. The van der Waals surface area contributed by atoms with E-state index < -0.39 is 24.4 Å². The molecule has 0 aliphatic heterocycles. The highest BCUT2D eigenvalue weighted by Gasteiger charge is 2.10. The standard InChI is InChI=1S/C16H22N2O5/c1-3-4-5-10-22-14-8-6-13(7-9-14)16(21)23-11-15(20)18-17-12(2)19/h6-9H,3-5,10-11H2,1-2H3,(H,17,19)(H,18,20). The number of amides is 2. The van der Waals surface area contributed by atoms with Gasteiger partial charge in [0.05, 0.1) is 12.2 Å². The van der Waals surface area contributed by atoms with E-state index in [0.717, 1.165) is 19.3 Å². The topological polar surface area (TPSA) is 93.7 Å². The van der Waals surface area contributed by atoms with Gasteiger partial charge in [-0.1, -0.05) is 19.8 Å². The maximum Gasteiger partial charge on any atom is 0.338 e. The second kappa shape index (κ2) is 10.2. The molecule has 0 fully saturated rings. The first kappa shape index (κ1) is 18.5. The number of carbonyl (C=O) groups is 3. The van der Waals surface area contributed by atoms with Crippen molar-refractivity contribution in [2.45, 2.75) is 33.1 Å². The molecule has 1 rings (SSSR count). The smallest absolute Gasteiger partial charge is 0.338 e. The summed E-state index contributed by atoms with van der Waals surface area (Å²) in [4.78, 5) is 33.7. The van der Waals surface area contributed by atoms with E-state index in [1.165, 1.54) is 6.92 Å². The Morgan fingerprint density at radius 1 is 1.04 bits per heavy atom. The minimum absolute atomic E-state index is 0.318. The zero-order valence-corrected chi connectivity index (χ0v) is 13.4. The van der Waals surface area contributed by atoms with Crippen LogP contribution in [0.3, 0.4) is 0 Å². The molecule has 0 atom stereocenters. The fourth-order valence-electron chi connectivity index (χ4n) is 1.64. The van der Waals surface area contributed by atoms with Crippen molar-refractivity contribution in [2.75, 3.05) is 13.2 Å². The number of carbonyl (C=O) groups excluding carboxylic acids is 3. The van der Waals surface area contributed by atoms with E-state index >= 15 is 0 Å². The molecule has 0 aliphatic rings. The molecule has 2 N–H and O–H groups in total. The van der Waals surface area contributed by atoms with Gasteiger partial charge in [0.2, 0.25) is 5.91 Å². The Labute approximate surface area is 135 Å². The molecule has 0 saturated heterocycles. The Hall–Kier alpha value is -2.57. The van der Waals surface area contributed by atoms with Gasteiger partial charge in [0, 0.05) is 6.92 Å². The minimum atomic E-state index is -0.625. The Kier molecular flexibility index (Phi) is 8.20. The molecule has 1 aromatic rings. The average molecular weight is 322 g/mol. The number of hydrazine groups is 1. The summed E-state index contributed by atoms with van der Waals surface area (Å²) in [5.74, 6) is -0.981. The van der Waals surface area contributed by atoms with Crippen LogP contribution in [0.15, 0.2) is 24.3 Å². The molecule has 0 radical (unpaired) electrons. The van der Waals surface area contributed by atoms with Crippen LogP contribution in [0.2, 0.25) is 0 Å². The van der Waals surface area contributed by atoms with Crippen LogP contribution in [-0.2, 0) is 14.3 Å². The molecule has 0 unspecified atom stereocenters. The van der Waals surface area contributed by atoms with E-state index in [-0.39, 0.29) is 0 Å². The average Bonchev–Trinajstić information content (AvgIpc) is 2.55. The van der Waals surface area contributed by atoms with Crippen molar-refractivity contribution in [3.8, 4) is 5.75 Å². The number of rotatable bonds is 8. The zero-order valence-electron chi connectivity index (χ0n) is 13.4. The SMILES string of the molecule is CCCCCOc1ccc(C(=O)OCC(=O)NNC(C)=O)cc1. The van der Waals surface area contributed by atoms with E-state index in [1.54, 1.807) is 24.3 Å². The lowest BCUT2D eigenvalue weighted by atomic mass is 10.2. The van der Waals surface area contributed by atoms with Crippen LogP contribution in [0.25, 0.3) is 0 Å². The van der Waals surface area contributed by atoms with Gasteiger partial charge in [0.15, 0.2) is 6.61 Å². The summed E-state index contributed by atoms with van der Waals surface area (Å²) in [5, 5.41) is 0. The van der Waals surface area contributed by atoms with Gasteiger partial charge in [0.25, 0.3) is 5.91 Å². The van der Waals surface area contributed by atoms with Gasteiger partial charge in [-0.2, -0.15) is 0 Å². The number of esters is 1. The van der Waals surface area contributed by atoms with Crippen molar-refractivity contribution in [2.24, 2.45) is 0 Å². The number of hydrogen-bond acceptors (Lipinski definition) is 5. The van der Waals surface area contributed by atoms with Crippen molar-refractivity contribution < 1.29 is 23.9 Å². The summed E-state index contributed by atoms with van der Waals surface area (Å²) in [6, 6.07) is 6.51. The summed E-state index contributed by atoms with van der Waals surface area (Å²) in [5.41, 5.74) is 4.51. The molecule has 0 aromatic heterocycles. The Balaban J connectivity index is 2.36. The Morgan fingerprint density at radius 2 is 1.74 bits per heavy atom. The zero-order chi connectivity index (χ0) is 17.1. The maximum atomic E-state index is 11.8. The highest BCUT2D eigenvalue weighted by Crippen LogP contribution is 2.13. The van der Waals surface area contributed by atoms with Gasteiger partial charge in [-0.3, -0.25) is 20.4 Å². The third kappa shape index (κ3) is 7.85. The number of ether oxygens (including phenoxy) is 2. The molecule has 7 heteroatoms. The monoisotopic (exact) mass is 322 g/mol. The summed E-state index contributed by atoms with van der Waals surface area (Å²) < 4.78 is 10.4. The van der Waals surface area contributed by atoms with Crippen LogP contribution in [0.1, 0.15) is 43.5 Å². The van der Waals surface area contributed by atoms with Crippen LogP contribution in [0, 0.1) is 0 Å². The van der Waals surface area contributed by atoms with E-state index in [0.29, 0.717) is 17.9 Å². The quantitative estimate of drug-likeness (QED) is 0.430. The largest absolute Gasteiger partial charge is 0.494 e. The number of hydrogen-bond donors (Lipinski definition) is 2. The summed E-state index contributed by atoms with van der Waals surface area (Å²) in [7, 11) is 0. The molecule has 1 aromatic carbocycles. The third-order valence-electron chi connectivity index (χ3n) is 2.82. The highest BCUT2D eigenvalue weighted by molar-refractivity contribution is 5.91. The normalized spacial score (nSPS) is 9.83. The van der Waals surface area contributed by atoms with Gasteiger partial charge in [-0.15, -0.1) is 0 Å².